The predicted molar refractivity (Wildman–Crippen MR) is 62.3 cm³/mol. The van der Waals surface area contributed by atoms with Crippen LogP contribution in [0.5, 0.6) is 0 Å². The van der Waals surface area contributed by atoms with Crippen LogP contribution in [-0.4, -0.2) is 4.98 Å². The molecule has 0 N–H and O–H groups in total. The second-order valence-electron chi connectivity index (χ2n) is 1.93. The third-order valence-electron chi connectivity index (χ3n) is 1.15. The minimum absolute atomic E-state index is 0.0133. The van der Waals surface area contributed by atoms with Gasteiger partial charge in [-0.05, 0) is 67.2 Å². The summed E-state index contributed by atoms with van der Waals surface area (Å²) in [6.07, 6.45) is -2.45. The fourth-order valence-corrected chi connectivity index (χ4v) is 3.91. The van der Waals surface area contributed by atoms with Crippen molar-refractivity contribution in [3.05, 3.63) is 23.5 Å². The summed E-state index contributed by atoms with van der Waals surface area (Å²) >= 11 is 6.80. The summed E-state index contributed by atoms with van der Waals surface area (Å²) in [5.74, 6) is 0. The van der Waals surface area contributed by atoms with Crippen molar-refractivity contribution in [1.82, 2.24) is 4.98 Å². The van der Waals surface area contributed by atoms with E-state index in [0.29, 0.717) is 11.9 Å². The highest BCUT2D eigenvalue weighted by atomic mass is 127. The summed E-state index contributed by atoms with van der Waals surface area (Å²) in [4.78, 5) is 3.87. The summed E-state index contributed by atoms with van der Waals surface area (Å²) in [6, 6.07) is 1.57. The molecule has 0 radical (unpaired) electrons. The first-order chi connectivity index (χ1) is 5.52. The number of hydrogen-bond donors (Lipinski definition) is 0. The van der Waals surface area contributed by atoms with Gasteiger partial charge in [-0.25, -0.2) is 13.8 Å². The van der Waals surface area contributed by atoms with Gasteiger partial charge >= 0.3 is 0 Å². The fraction of sp³-hybridized carbons (Fsp3) is 0.167. The molecule has 0 saturated heterocycles. The lowest BCUT2D eigenvalue weighted by Crippen LogP contribution is -1.97. The van der Waals surface area contributed by atoms with Gasteiger partial charge < -0.3 is 0 Å². The zero-order chi connectivity index (χ0) is 9.30. The number of aromatic nitrogens is 1. The lowest BCUT2D eigenvalue weighted by atomic mass is 10.3. The van der Waals surface area contributed by atoms with Crippen LogP contribution in [0.2, 0.25) is 0 Å². The van der Waals surface area contributed by atoms with Gasteiger partial charge in [0.1, 0.15) is 8.30 Å². The van der Waals surface area contributed by atoms with Gasteiger partial charge in [0, 0.05) is 3.57 Å². The Morgan fingerprint density at radius 1 is 1.42 bits per heavy atom. The average molecular weight is 460 g/mol. The molecule has 0 atom stereocenters. The first-order valence-corrected chi connectivity index (χ1v) is 5.77. The quantitative estimate of drug-likeness (QED) is 0.457. The van der Waals surface area contributed by atoms with Crippen LogP contribution in [0.1, 0.15) is 12.0 Å². The van der Waals surface area contributed by atoms with E-state index in [2.05, 4.69) is 20.9 Å². The van der Waals surface area contributed by atoms with Crippen LogP contribution in [0.3, 0.4) is 0 Å². The Morgan fingerprint density at radius 3 is 2.42 bits per heavy atom. The van der Waals surface area contributed by atoms with Crippen molar-refractivity contribution in [1.29, 1.82) is 0 Å². The third kappa shape index (κ3) is 2.47. The molecule has 0 aromatic carbocycles. The van der Waals surface area contributed by atoms with Crippen molar-refractivity contribution < 1.29 is 8.78 Å². The van der Waals surface area contributed by atoms with Gasteiger partial charge in [-0.1, -0.05) is 0 Å². The molecular formula is C6H2BrF2I2N. The molecule has 0 spiro atoms. The van der Waals surface area contributed by atoms with Crippen LogP contribution >= 0.6 is 61.1 Å². The smallest absolute Gasteiger partial charge is 0.234 e. The van der Waals surface area contributed by atoms with Crippen LogP contribution in [0.15, 0.2) is 10.7 Å². The van der Waals surface area contributed by atoms with Crippen LogP contribution < -0.4 is 0 Å². The summed E-state index contributed by atoms with van der Waals surface area (Å²) in [6.45, 7) is 0. The third-order valence-corrected chi connectivity index (χ3v) is 3.27. The summed E-state index contributed by atoms with van der Waals surface area (Å²) in [7, 11) is 0. The molecule has 1 rings (SSSR count). The summed E-state index contributed by atoms with van der Waals surface area (Å²) in [5.41, 5.74) is 0.0133. The SMILES string of the molecule is FC(F)c1c(I)cc(Br)nc1I. The van der Waals surface area contributed by atoms with E-state index in [9.17, 15) is 8.78 Å². The van der Waals surface area contributed by atoms with Gasteiger partial charge in [0.2, 0.25) is 0 Å². The Kier molecular flexibility index (Phi) is 4.09. The van der Waals surface area contributed by atoms with E-state index in [0.717, 1.165) is 0 Å². The molecule has 0 aliphatic carbocycles. The van der Waals surface area contributed by atoms with Gasteiger partial charge in [-0.15, -0.1) is 0 Å². The maximum atomic E-state index is 12.4. The van der Waals surface area contributed by atoms with E-state index in [1.54, 1.807) is 28.7 Å². The zero-order valence-corrected chi connectivity index (χ0v) is 11.4. The molecule has 0 saturated carbocycles. The van der Waals surface area contributed by atoms with E-state index < -0.39 is 6.43 Å². The maximum Gasteiger partial charge on any atom is 0.267 e. The van der Waals surface area contributed by atoms with Crippen LogP contribution in [-0.2, 0) is 0 Å². The van der Waals surface area contributed by atoms with Crippen molar-refractivity contribution in [2.45, 2.75) is 6.43 Å². The van der Waals surface area contributed by atoms with Gasteiger partial charge in [-0.2, -0.15) is 0 Å². The average Bonchev–Trinajstić information content (AvgIpc) is 1.82. The van der Waals surface area contributed by atoms with Crippen molar-refractivity contribution in [2.24, 2.45) is 0 Å². The Hall–Kier alpha value is 0.950. The zero-order valence-electron chi connectivity index (χ0n) is 5.49. The molecule has 0 unspecified atom stereocenters. The minimum Gasteiger partial charge on any atom is -0.234 e. The monoisotopic (exact) mass is 459 g/mol. The van der Waals surface area contributed by atoms with Gasteiger partial charge in [0.25, 0.3) is 6.43 Å². The Labute approximate surface area is 104 Å². The molecule has 0 amide bonds. The lowest BCUT2D eigenvalue weighted by molar-refractivity contribution is 0.149. The van der Waals surface area contributed by atoms with Gasteiger partial charge in [0.15, 0.2) is 0 Å². The van der Waals surface area contributed by atoms with Gasteiger partial charge in [0.05, 0.1) is 5.56 Å². The van der Waals surface area contributed by atoms with E-state index in [1.807, 2.05) is 22.6 Å². The number of nitrogens with zero attached hydrogens (tertiary/aromatic N) is 1. The highest BCUT2D eigenvalue weighted by molar-refractivity contribution is 14.1. The Bertz CT molecular complexity index is 283. The predicted octanol–water partition coefficient (Wildman–Crippen LogP) is 3.99. The van der Waals surface area contributed by atoms with E-state index in [1.165, 1.54) is 0 Å². The molecule has 1 aromatic rings. The molecule has 1 aromatic heterocycles. The topological polar surface area (TPSA) is 12.9 Å². The van der Waals surface area contributed by atoms with Gasteiger partial charge in [-0.3, -0.25) is 0 Å². The summed E-state index contributed by atoms with van der Waals surface area (Å²) < 4.78 is 26.2. The highest BCUT2D eigenvalue weighted by Gasteiger charge is 2.17. The first-order valence-electron chi connectivity index (χ1n) is 2.82. The number of alkyl halides is 2. The molecule has 66 valence electrons. The Morgan fingerprint density at radius 2 is 2.00 bits per heavy atom. The molecule has 0 bridgehead atoms. The largest absolute Gasteiger partial charge is 0.267 e. The number of hydrogen-bond acceptors (Lipinski definition) is 1. The maximum absolute atomic E-state index is 12.4. The second-order valence-corrected chi connectivity index (χ2v) is 4.93. The van der Waals surface area contributed by atoms with E-state index >= 15 is 0 Å². The van der Waals surface area contributed by atoms with Crippen molar-refractivity contribution >= 4 is 61.1 Å². The molecule has 0 aliphatic rings. The van der Waals surface area contributed by atoms with E-state index in [4.69, 9.17) is 0 Å². The fourth-order valence-electron chi connectivity index (χ4n) is 0.661. The molecule has 0 fully saturated rings. The molecule has 1 heterocycles. The van der Waals surface area contributed by atoms with Crippen molar-refractivity contribution in [2.75, 3.05) is 0 Å². The van der Waals surface area contributed by atoms with Crippen LogP contribution in [0.4, 0.5) is 8.78 Å². The Balaban J connectivity index is 3.28. The highest BCUT2D eigenvalue weighted by Crippen LogP contribution is 2.29. The molecule has 1 nitrogen and oxygen atoms in total. The standard InChI is InChI=1S/C6H2BrF2I2N/c7-3-1-2(10)4(5(8)9)6(11)12-3/h1,5H. The van der Waals surface area contributed by atoms with Crippen LogP contribution in [0.25, 0.3) is 0 Å². The summed E-state index contributed by atoms with van der Waals surface area (Å²) in [5, 5.41) is 0. The minimum atomic E-state index is -2.45. The second kappa shape index (κ2) is 4.45. The molecule has 6 heteroatoms. The number of rotatable bonds is 1. The number of halogens is 5. The molecule has 12 heavy (non-hydrogen) atoms. The number of pyridine rings is 1. The first kappa shape index (κ1) is 11.0. The lowest BCUT2D eigenvalue weighted by Gasteiger charge is -2.05. The van der Waals surface area contributed by atoms with E-state index in [-0.39, 0.29) is 5.56 Å². The van der Waals surface area contributed by atoms with Crippen molar-refractivity contribution in [3.8, 4) is 0 Å². The van der Waals surface area contributed by atoms with Crippen LogP contribution in [0, 0.1) is 7.27 Å². The molecular weight excluding hydrogens is 458 g/mol. The molecule has 0 aliphatic heterocycles. The van der Waals surface area contributed by atoms with Crippen molar-refractivity contribution in [3.63, 3.8) is 0 Å². The normalized spacial score (nSPS) is 10.8.